The van der Waals surface area contributed by atoms with Crippen molar-refractivity contribution in [3.8, 4) is 0 Å². The highest BCUT2D eigenvalue weighted by molar-refractivity contribution is 8.00. The van der Waals surface area contributed by atoms with Crippen LogP contribution in [-0.4, -0.2) is 66.0 Å². The fraction of sp³-hybridized carbons (Fsp3) is 0.391. The lowest BCUT2D eigenvalue weighted by atomic mass is 10.0. The van der Waals surface area contributed by atoms with Crippen LogP contribution in [0.25, 0.3) is 0 Å². The number of rotatable bonds is 5. The molecule has 1 aliphatic carbocycles. The molecule has 170 valence electrons. The van der Waals surface area contributed by atoms with Gasteiger partial charge in [-0.2, -0.15) is 0 Å². The third-order valence-corrected chi connectivity index (χ3v) is 7.00. The second kappa shape index (κ2) is 9.89. The monoisotopic (exact) mass is 457 g/mol. The van der Waals surface area contributed by atoms with E-state index in [1.165, 1.54) is 6.07 Å². The maximum atomic E-state index is 14.0. The average Bonchev–Trinajstić information content (AvgIpc) is 2.96. The number of nitrogens with zero attached hydrogens (tertiary/aromatic N) is 2. The first-order chi connectivity index (χ1) is 15.5. The Labute approximate surface area is 191 Å². The molecular weight excluding hydrogens is 429 g/mol. The maximum Gasteiger partial charge on any atom is 0.243 e. The highest BCUT2D eigenvalue weighted by Crippen LogP contribution is 2.27. The van der Waals surface area contributed by atoms with Crippen LogP contribution in [0.5, 0.6) is 0 Å². The van der Waals surface area contributed by atoms with E-state index >= 15 is 0 Å². The number of hydrogen-bond acceptors (Lipinski definition) is 6. The molecule has 9 heteroatoms. The quantitative estimate of drug-likeness (QED) is 0.623. The van der Waals surface area contributed by atoms with Gasteiger partial charge in [0.15, 0.2) is 0 Å². The van der Waals surface area contributed by atoms with E-state index in [2.05, 4.69) is 21.0 Å². The minimum absolute atomic E-state index is 0.0623. The number of amides is 2. The topological polar surface area (TPSA) is 76.7 Å². The Morgan fingerprint density at radius 2 is 2.09 bits per heavy atom. The number of benzene rings is 1. The van der Waals surface area contributed by atoms with Crippen molar-refractivity contribution in [1.82, 2.24) is 26.0 Å². The highest BCUT2D eigenvalue weighted by Gasteiger charge is 2.34. The molecule has 2 unspecified atom stereocenters. The molecule has 4 rings (SSSR count). The van der Waals surface area contributed by atoms with Gasteiger partial charge in [0.25, 0.3) is 0 Å². The summed E-state index contributed by atoms with van der Waals surface area (Å²) in [5.74, 6) is 0.419. The van der Waals surface area contributed by atoms with E-state index in [1.54, 1.807) is 36.0 Å². The molecule has 0 spiro atoms. The molecule has 2 amide bonds. The molecule has 1 fully saturated rings. The van der Waals surface area contributed by atoms with Crippen LogP contribution in [-0.2, 0) is 16.1 Å². The third kappa shape index (κ3) is 4.90. The van der Waals surface area contributed by atoms with E-state index in [1.807, 2.05) is 31.3 Å². The minimum Gasteiger partial charge on any atom is -0.357 e. The number of nitrogens with one attached hydrogen (secondary N) is 3. The summed E-state index contributed by atoms with van der Waals surface area (Å²) in [5, 5.41) is 7.28. The van der Waals surface area contributed by atoms with E-state index in [0.29, 0.717) is 25.1 Å². The molecule has 3 aliphatic rings. The lowest BCUT2D eigenvalue weighted by Crippen LogP contribution is -2.46. The van der Waals surface area contributed by atoms with Crippen molar-refractivity contribution >= 4 is 23.6 Å². The van der Waals surface area contributed by atoms with Gasteiger partial charge in [0.2, 0.25) is 11.8 Å². The second-order valence-corrected chi connectivity index (χ2v) is 9.37. The summed E-state index contributed by atoms with van der Waals surface area (Å²) < 4.78 is 14.0. The van der Waals surface area contributed by atoms with E-state index in [-0.39, 0.29) is 22.9 Å². The highest BCUT2D eigenvalue weighted by atomic mass is 32.2. The summed E-state index contributed by atoms with van der Waals surface area (Å²) in [5.41, 5.74) is 6.29. The number of hydrazine groups is 1. The lowest BCUT2D eigenvalue weighted by Gasteiger charge is -2.32. The van der Waals surface area contributed by atoms with Crippen molar-refractivity contribution in [3.05, 3.63) is 70.8 Å². The van der Waals surface area contributed by atoms with Gasteiger partial charge in [0, 0.05) is 62.7 Å². The van der Waals surface area contributed by atoms with Crippen LogP contribution in [0.4, 0.5) is 4.39 Å². The zero-order valence-electron chi connectivity index (χ0n) is 18.2. The van der Waals surface area contributed by atoms with E-state index < -0.39 is 6.04 Å². The molecule has 0 radical (unpaired) electrons. The molecule has 0 aromatic heterocycles. The second-order valence-electron chi connectivity index (χ2n) is 8.06. The van der Waals surface area contributed by atoms with Crippen LogP contribution in [0.1, 0.15) is 12.0 Å². The van der Waals surface area contributed by atoms with Gasteiger partial charge in [0.1, 0.15) is 11.9 Å². The van der Waals surface area contributed by atoms with Crippen LogP contribution in [0.2, 0.25) is 0 Å². The molecule has 7 nitrogen and oxygen atoms in total. The molecule has 2 aliphatic heterocycles. The van der Waals surface area contributed by atoms with Gasteiger partial charge in [-0.05, 0) is 18.2 Å². The normalized spacial score (nSPS) is 23.8. The van der Waals surface area contributed by atoms with E-state index in [4.69, 9.17) is 0 Å². The van der Waals surface area contributed by atoms with Gasteiger partial charge in [0.05, 0.1) is 10.9 Å². The van der Waals surface area contributed by atoms with Crippen molar-refractivity contribution in [2.75, 3.05) is 32.9 Å². The van der Waals surface area contributed by atoms with Crippen molar-refractivity contribution in [3.63, 3.8) is 0 Å². The number of carbonyl (C=O) groups is 2. The molecule has 1 aromatic rings. The van der Waals surface area contributed by atoms with Crippen molar-refractivity contribution < 1.29 is 14.0 Å². The Hall–Kier alpha value is -2.62. The molecule has 1 aromatic carbocycles. The smallest absolute Gasteiger partial charge is 0.243 e. The lowest BCUT2D eigenvalue weighted by molar-refractivity contribution is -0.124. The largest absolute Gasteiger partial charge is 0.357 e. The summed E-state index contributed by atoms with van der Waals surface area (Å²) in [4.78, 5) is 27.6. The molecule has 0 bridgehead atoms. The summed E-state index contributed by atoms with van der Waals surface area (Å²) >= 11 is 1.62. The van der Waals surface area contributed by atoms with Crippen LogP contribution < -0.4 is 16.1 Å². The first kappa shape index (κ1) is 22.6. The Kier molecular flexibility index (Phi) is 6.98. The Balaban J connectivity index is 1.43. The molecular formula is C23H28FN5O2S. The van der Waals surface area contributed by atoms with Crippen LogP contribution >= 0.6 is 11.8 Å². The van der Waals surface area contributed by atoms with Crippen molar-refractivity contribution in [2.24, 2.45) is 0 Å². The van der Waals surface area contributed by atoms with Crippen LogP contribution in [0, 0.1) is 5.82 Å². The third-order valence-electron chi connectivity index (χ3n) is 5.82. The van der Waals surface area contributed by atoms with Crippen molar-refractivity contribution in [2.45, 2.75) is 24.3 Å². The Morgan fingerprint density at radius 1 is 1.28 bits per heavy atom. The molecule has 1 saturated heterocycles. The fourth-order valence-corrected chi connectivity index (χ4v) is 5.34. The van der Waals surface area contributed by atoms with Gasteiger partial charge in [-0.15, -0.1) is 11.8 Å². The number of hydrogen-bond donors (Lipinski definition) is 3. The summed E-state index contributed by atoms with van der Waals surface area (Å²) in [6.45, 7) is 1.87. The average molecular weight is 458 g/mol. The molecule has 32 heavy (non-hydrogen) atoms. The van der Waals surface area contributed by atoms with Crippen LogP contribution in [0.3, 0.4) is 0 Å². The predicted molar refractivity (Wildman–Crippen MR) is 124 cm³/mol. The van der Waals surface area contributed by atoms with E-state index in [0.717, 1.165) is 29.3 Å². The summed E-state index contributed by atoms with van der Waals surface area (Å²) in [7, 11) is 3.43. The van der Waals surface area contributed by atoms with E-state index in [9.17, 15) is 14.0 Å². The molecule has 2 heterocycles. The van der Waals surface area contributed by atoms with Gasteiger partial charge in [-0.1, -0.05) is 24.3 Å². The van der Waals surface area contributed by atoms with Gasteiger partial charge >= 0.3 is 0 Å². The van der Waals surface area contributed by atoms with Gasteiger partial charge in [-0.3, -0.25) is 14.5 Å². The maximum absolute atomic E-state index is 14.0. The first-order valence-electron chi connectivity index (χ1n) is 10.7. The van der Waals surface area contributed by atoms with Gasteiger partial charge in [-0.25, -0.2) is 9.40 Å². The molecule has 3 N–H and O–H groups in total. The number of likely N-dealkylation sites (N-methyl/N-ethyl adjacent to an activating group) is 2. The minimum atomic E-state index is -0.468. The van der Waals surface area contributed by atoms with Gasteiger partial charge < -0.3 is 16.1 Å². The predicted octanol–water partition coefficient (Wildman–Crippen LogP) is 1.52. The van der Waals surface area contributed by atoms with Crippen LogP contribution in [0.15, 0.2) is 59.5 Å². The Morgan fingerprint density at radius 3 is 2.88 bits per heavy atom. The zero-order valence-corrected chi connectivity index (χ0v) is 19.0. The first-order valence-corrected chi connectivity index (χ1v) is 11.7. The SMILES string of the molecule is CNC(=O)C1C2=C(C=CCC(NC(=O)C3CN(Cc4ccccc4F)CCS3)=C2)NN1C. The number of thioether (sulfide) groups is 1. The number of allylic oxidation sites excluding steroid dienone is 2. The van der Waals surface area contributed by atoms with Crippen molar-refractivity contribution in [1.29, 1.82) is 0 Å². The molecule has 2 atom stereocenters. The fourth-order valence-electron chi connectivity index (χ4n) is 4.17. The summed E-state index contributed by atoms with van der Waals surface area (Å²) in [6.07, 6.45) is 6.38. The standard InChI is InChI=1S/C23H28FN5O2S/c1-25-23(31)21-17-12-16(7-5-9-19(17)27-28(21)2)26-22(30)20-14-29(10-11-32-20)13-15-6-3-4-8-18(15)24/h3-6,8-9,12,20-21,27H,7,10-11,13-14H2,1-2H3,(H,25,31)(H,26,30). The zero-order chi connectivity index (χ0) is 22.7. The number of halogens is 1. The number of carbonyl (C=O) groups excluding carboxylic acids is 2. The molecule has 0 saturated carbocycles. The Bertz CT molecular complexity index is 992. The summed E-state index contributed by atoms with van der Waals surface area (Å²) in [6, 6.07) is 6.30.